The number of aliphatic carboxylic acids is 1. The molecular weight excluding hydrogens is 292 g/mol. The Kier molecular flexibility index (Phi) is 4.27. The molecule has 1 aromatic rings. The number of carboxylic acids is 1. The number of sulfone groups is 1. The molecule has 0 radical (unpaired) electrons. The van der Waals surface area contributed by atoms with Crippen molar-refractivity contribution in [3.8, 4) is 5.75 Å². The summed E-state index contributed by atoms with van der Waals surface area (Å²) in [7, 11) is -2.10. The lowest BCUT2D eigenvalue weighted by Crippen LogP contribution is -2.38. The molecule has 0 aromatic heterocycles. The Bertz CT molecular complexity index is 642. The summed E-state index contributed by atoms with van der Waals surface area (Å²) in [5, 5.41) is 9.75. The summed E-state index contributed by atoms with van der Waals surface area (Å²) in [6.45, 7) is 0. The van der Waals surface area contributed by atoms with Crippen molar-refractivity contribution in [2.24, 2.45) is 0 Å². The largest absolute Gasteiger partial charge is 0.495 e. The molecule has 1 N–H and O–H groups in total. The zero-order valence-corrected chi connectivity index (χ0v) is 13.1. The van der Waals surface area contributed by atoms with E-state index in [0.29, 0.717) is 18.4 Å². The first-order chi connectivity index (χ1) is 9.83. The van der Waals surface area contributed by atoms with Crippen molar-refractivity contribution in [3.63, 3.8) is 0 Å². The van der Waals surface area contributed by atoms with Crippen molar-refractivity contribution in [1.29, 1.82) is 0 Å². The number of benzene rings is 1. The van der Waals surface area contributed by atoms with Gasteiger partial charge in [-0.25, -0.2) is 8.42 Å². The summed E-state index contributed by atoms with van der Waals surface area (Å²) in [5.74, 6) is -0.740. The molecule has 1 fully saturated rings. The number of carbonyl (C=O) groups is 1. The van der Waals surface area contributed by atoms with E-state index >= 15 is 0 Å². The molecule has 116 valence electrons. The fourth-order valence-corrected chi connectivity index (χ4v) is 4.00. The highest BCUT2D eigenvalue weighted by atomic mass is 32.2. The van der Waals surface area contributed by atoms with Gasteiger partial charge < -0.3 is 9.84 Å². The molecule has 5 nitrogen and oxygen atoms in total. The molecule has 0 unspecified atom stereocenters. The summed E-state index contributed by atoms with van der Waals surface area (Å²) in [6.07, 6.45) is 4.75. The second-order valence-electron chi connectivity index (χ2n) is 5.56. The van der Waals surface area contributed by atoms with Crippen molar-refractivity contribution < 1.29 is 23.1 Å². The number of ether oxygens (including phenoxy) is 1. The molecule has 0 heterocycles. The Morgan fingerprint density at radius 3 is 2.33 bits per heavy atom. The van der Waals surface area contributed by atoms with Gasteiger partial charge in [0.2, 0.25) is 0 Å². The second kappa shape index (κ2) is 5.67. The standard InChI is InChI=1S/C15H20O5S/c1-20-13-11(7-6-8-12(13)21(2,18)19)15(14(16)17)9-4-3-5-10-15/h6-8H,3-5,9-10H2,1-2H3,(H,16,17). The van der Waals surface area contributed by atoms with Gasteiger partial charge in [-0.1, -0.05) is 31.4 Å². The average molecular weight is 312 g/mol. The molecule has 2 rings (SSSR count). The van der Waals surface area contributed by atoms with Crippen molar-refractivity contribution in [1.82, 2.24) is 0 Å². The molecule has 0 amide bonds. The highest BCUT2D eigenvalue weighted by molar-refractivity contribution is 7.90. The fourth-order valence-electron chi connectivity index (χ4n) is 3.15. The monoisotopic (exact) mass is 312 g/mol. The van der Waals surface area contributed by atoms with Gasteiger partial charge in [0.1, 0.15) is 10.6 Å². The number of para-hydroxylation sites is 1. The van der Waals surface area contributed by atoms with Crippen molar-refractivity contribution >= 4 is 15.8 Å². The van der Waals surface area contributed by atoms with Crippen LogP contribution in [0.4, 0.5) is 0 Å². The maximum absolute atomic E-state index is 11.9. The molecule has 1 aliphatic rings. The first-order valence-corrected chi connectivity index (χ1v) is 8.83. The number of hydrogen-bond acceptors (Lipinski definition) is 4. The van der Waals surface area contributed by atoms with Crippen LogP contribution in [0.15, 0.2) is 23.1 Å². The molecule has 6 heteroatoms. The summed E-state index contributed by atoms with van der Waals surface area (Å²) in [4.78, 5) is 12.0. The summed E-state index contributed by atoms with van der Waals surface area (Å²) in [6, 6.07) is 4.72. The van der Waals surface area contributed by atoms with Gasteiger partial charge in [-0.05, 0) is 18.9 Å². The molecule has 0 aliphatic heterocycles. The van der Waals surface area contributed by atoms with Gasteiger partial charge in [-0.15, -0.1) is 0 Å². The summed E-state index contributed by atoms with van der Waals surface area (Å²) >= 11 is 0. The van der Waals surface area contributed by atoms with E-state index in [1.807, 2.05) is 0 Å². The molecule has 1 saturated carbocycles. The van der Waals surface area contributed by atoms with Gasteiger partial charge in [0.05, 0.1) is 12.5 Å². The Labute approximate surface area is 124 Å². The molecular formula is C15H20O5S. The van der Waals surface area contributed by atoms with Crippen molar-refractivity contribution in [2.75, 3.05) is 13.4 Å². The van der Waals surface area contributed by atoms with E-state index in [9.17, 15) is 18.3 Å². The minimum atomic E-state index is -3.48. The topological polar surface area (TPSA) is 80.7 Å². The van der Waals surface area contributed by atoms with Crippen LogP contribution in [0.2, 0.25) is 0 Å². The molecule has 1 aromatic carbocycles. The maximum Gasteiger partial charge on any atom is 0.314 e. The minimum absolute atomic E-state index is 0.0497. The average Bonchev–Trinajstić information content (AvgIpc) is 2.46. The highest BCUT2D eigenvalue weighted by Crippen LogP contribution is 2.45. The van der Waals surface area contributed by atoms with E-state index in [1.165, 1.54) is 13.2 Å². The Hall–Kier alpha value is -1.56. The van der Waals surface area contributed by atoms with Gasteiger partial charge >= 0.3 is 5.97 Å². The van der Waals surface area contributed by atoms with Crippen molar-refractivity contribution in [2.45, 2.75) is 42.4 Å². The van der Waals surface area contributed by atoms with E-state index in [4.69, 9.17) is 4.74 Å². The zero-order chi connectivity index (χ0) is 15.7. The van der Waals surface area contributed by atoms with Gasteiger partial charge in [0.15, 0.2) is 9.84 Å². The third-order valence-corrected chi connectivity index (χ3v) is 5.33. The number of rotatable bonds is 4. The summed E-state index contributed by atoms with van der Waals surface area (Å²) in [5.41, 5.74) is -0.579. The van der Waals surface area contributed by atoms with Crippen LogP contribution in [0.25, 0.3) is 0 Å². The van der Waals surface area contributed by atoms with Gasteiger partial charge in [-0.3, -0.25) is 4.79 Å². The van der Waals surface area contributed by atoms with Crippen LogP contribution >= 0.6 is 0 Å². The quantitative estimate of drug-likeness (QED) is 0.923. The Morgan fingerprint density at radius 1 is 1.24 bits per heavy atom. The van der Waals surface area contributed by atoms with Gasteiger partial charge in [-0.2, -0.15) is 0 Å². The minimum Gasteiger partial charge on any atom is -0.495 e. The maximum atomic E-state index is 11.9. The van der Waals surface area contributed by atoms with Crippen molar-refractivity contribution in [3.05, 3.63) is 23.8 Å². The second-order valence-corrected chi connectivity index (χ2v) is 7.54. The predicted molar refractivity (Wildman–Crippen MR) is 78.5 cm³/mol. The lowest BCUT2D eigenvalue weighted by atomic mass is 9.69. The van der Waals surface area contributed by atoms with Crippen LogP contribution in [0.1, 0.15) is 37.7 Å². The first-order valence-electron chi connectivity index (χ1n) is 6.94. The molecule has 0 spiro atoms. The van der Waals surface area contributed by atoms with Gasteiger partial charge in [0, 0.05) is 11.8 Å². The third-order valence-electron chi connectivity index (χ3n) is 4.21. The first kappa shape index (κ1) is 15.8. The van der Waals surface area contributed by atoms with E-state index < -0.39 is 21.2 Å². The molecule has 21 heavy (non-hydrogen) atoms. The molecule has 0 saturated heterocycles. The van der Waals surface area contributed by atoms with Crippen LogP contribution in [-0.4, -0.2) is 32.9 Å². The lowest BCUT2D eigenvalue weighted by Gasteiger charge is -2.35. The molecule has 0 bridgehead atoms. The zero-order valence-electron chi connectivity index (χ0n) is 12.3. The SMILES string of the molecule is COc1c(C2(C(=O)O)CCCCC2)cccc1S(C)(=O)=O. The van der Waals surface area contributed by atoms with Gasteiger partial charge in [0.25, 0.3) is 0 Å². The van der Waals surface area contributed by atoms with E-state index in [0.717, 1.165) is 25.5 Å². The normalized spacial score (nSPS) is 18.2. The Balaban J connectivity index is 2.70. The number of hydrogen-bond donors (Lipinski definition) is 1. The van der Waals surface area contributed by atoms with E-state index in [-0.39, 0.29) is 10.6 Å². The van der Waals surface area contributed by atoms with Crippen LogP contribution in [-0.2, 0) is 20.0 Å². The van der Waals surface area contributed by atoms with Crippen LogP contribution < -0.4 is 4.74 Å². The van der Waals surface area contributed by atoms with Crippen LogP contribution in [0.5, 0.6) is 5.75 Å². The number of carboxylic acid groups (broad SMARTS) is 1. The third kappa shape index (κ3) is 2.77. The smallest absolute Gasteiger partial charge is 0.314 e. The fraction of sp³-hybridized carbons (Fsp3) is 0.533. The molecule has 1 aliphatic carbocycles. The lowest BCUT2D eigenvalue weighted by molar-refractivity contribution is -0.145. The van der Waals surface area contributed by atoms with Crippen LogP contribution in [0, 0.1) is 0 Å². The van der Waals surface area contributed by atoms with E-state index in [1.54, 1.807) is 12.1 Å². The predicted octanol–water partition coefficient (Wildman–Crippen LogP) is 2.39. The molecule has 0 atom stereocenters. The summed E-state index contributed by atoms with van der Waals surface area (Å²) < 4.78 is 29.1. The van der Waals surface area contributed by atoms with Crippen LogP contribution in [0.3, 0.4) is 0 Å². The Morgan fingerprint density at radius 2 is 1.86 bits per heavy atom. The highest BCUT2D eigenvalue weighted by Gasteiger charge is 2.44. The number of methoxy groups -OCH3 is 1. The van der Waals surface area contributed by atoms with E-state index in [2.05, 4.69) is 0 Å².